The molecule has 0 bridgehead atoms. The maximum Gasteiger partial charge on any atom is 0.264 e. The van der Waals surface area contributed by atoms with Crippen LogP contribution >= 0.6 is 0 Å². The van der Waals surface area contributed by atoms with Crippen LogP contribution in [0.4, 0.5) is 5.69 Å². The third-order valence-electron chi connectivity index (χ3n) is 4.47. The number of carbonyl (C=O) groups is 1. The van der Waals surface area contributed by atoms with Crippen LogP contribution in [0.2, 0.25) is 0 Å². The Hall–Kier alpha value is -2.38. The summed E-state index contributed by atoms with van der Waals surface area (Å²) in [6.45, 7) is 1.89. The van der Waals surface area contributed by atoms with Crippen LogP contribution in [0.15, 0.2) is 36.4 Å². The van der Waals surface area contributed by atoms with Gasteiger partial charge in [0.25, 0.3) is 5.91 Å². The fourth-order valence-electron chi connectivity index (χ4n) is 3.22. The number of fused-ring (bicyclic) bond motifs is 2. The Morgan fingerprint density at radius 2 is 1.92 bits per heavy atom. The molecule has 4 rings (SSSR count). The number of carbonyl (C=O) groups excluding carboxylic acids is 1. The Morgan fingerprint density at radius 3 is 2.80 bits per heavy atom. The number of hydrogen-bond donors (Lipinski definition) is 2. The molecule has 0 unspecified atom stereocenters. The summed E-state index contributed by atoms with van der Waals surface area (Å²) in [6.07, 6.45) is 0.834. The molecule has 2 heterocycles. The lowest BCUT2D eigenvalue weighted by atomic mass is 10.1. The van der Waals surface area contributed by atoms with E-state index < -0.39 is 15.9 Å². The van der Waals surface area contributed by atoms with Crippen molar-refractivity contribution in [2.75, 3.05) is 11.9 Å². The largest absolute Gasteiger partial charge is 0.384 e. The van der Waals surface area contributed by atoms with Gasteiger partial charge in [0, 0.05) is 17.8 Å². The second kappa shape index (κ2) is 6.16. The number of anilines is 1. The summed E-state index contributed by atoms with van der Waals surface area (Å²) in [7, 11) is -3.77. The van der Waals surface area contributed by atoms with Crippen molar-refractivity contribution in [3.63, 3.8) is 0 Å². The number of benzene rings is 2. The average Bonchev–Trinajstić information content (AvgIpc) is 3.21. The summed E-state index contributed by atoms with van der Waals surface area (Å²) in [6, 6.07) is 10.7. The molecule has 2 aromatic carbocycles. The van der Waals surface area contributed by atoms with Crippen molar-refractivity contribution in [2.45, 2.75) is 25.4 Å². The van der Waals surface area contributed by atoms with E-state index in [1.165, 1.54) is 0 Å². The summed E-state index contributed by atoms with van der Waals surface area (Å²) < 4.78 is 32.2. The maximum absolute atomic E-state index is 12.3. The molecular formula is C18H18N2O4S. The van der Waals surface area contributed by atoms with Crippen molar-refractivity contribution >= 4 is 21.6 Å². The van der Waals surface area contributed by atoms with Gasteiger partial charge in [-0.2, -0.15) is 0 Å². The molecule has 130 valence electrons. The van der Waals surface area contributed by atoms with Crippen molar-refractivity contribution in [1.82, 2.24) is 4.72 Å². The van der Waals surface area contributed by atoms with Crippen LogP contribution in [-0.4, -0.2) is 20.9 Å². The molecular weight excluding hydrogens is 340 g/mol. The van der Waals surface area contributed by atoms with Crippen molar-refractivity contribution < 1.29 is 17.9 Å². The maximum atomic E-state index is 12.3. The van der Waals surface area contributed by atoms with E-state index in [0.717, 1.165) is 35.3 Å². The topological polar surface area (TPSA) is 84.5 Å². The predicted molar refractivity (Wildman–Crippen MR) is 93.7 cm³/mol. The minimum Gasteiger partial charge on any atom is -0.384 e. The van der Waals surface area contributed by atoms with Gasteiger partial charge in [-0.3, -0.25) is 4.79 Å². The SMILES string of the molecule is O=C(NS(=O)(=O)Cc1ccc2c(c1)COC2)c1ccc2c(c1)CCN2. The molecule has 25 heavy (non-hydrogen) atoms. The molecule has 0 atom stereocenters. The zero-order valence-corrected chi connectivity index (χ0v) is 14.4. The Morgan fingerprint density at radius 1 is 1.08 bits per heavy atom. The summed E-state index contributed by atoms with van der Waals surface area (Å²) >= 11 is 0. The highest BCUT2D eigenvalue weighted by atomic mass is 32.2. The molecule has 2 aliphatic rings. The van der Waals surface area contributed by atoms with Crippen LogP contribution < -0.4 is 10.0 Å². The minimum absolute atomic E-state index is 0.238. The van der Waals surface area contributed by atoms with Crippen molar-refractivity contribution in [1.29, 1.82) is 0 Å². The van der Waals surface area contributed by atoms with Gasteiger partial charge in [0.15, 0.2) is 0 Å². The number of ether oxygens (including phenoxy) is 1. The van der Waals surface area contributed by atoms with Gasteiger partial charge >= 0.3 is 0 Å². The molecule has 2 aliphatic heterocycles. The van der Waals surface area contributed by atoms with E-state index in [4.69, 9.17) is 4.74 Å². The van der Waals surface area contributed by atoms with Crippen LogP contribution in [0, 0.1) is 0 Å². The van der Waals surface area contributed by atoms with Crippen LogP contribution in [-0.2, 0) is 40.1 Å². The highest BCUT2D eigenvalue weighted by Gasteiger charge is 2.20. The van der Waals surface area contributed by atoms with Gasteiger partial charge in [-0.1, -0.05) is 18.2 Å². The zero-order valence-electron chi connectivity index (χ0n) is 13.5. The fraction of sp³-hybridized carbons (Fsp3) is 0.278. The van der Waals surface area contributed by atoms with Gasteiger partial charge in [0.2, 0.25) is 10.0 Å². The summed E-state index contributed by atoms with van der Waals surface area (Å²) in [5, 5.41) is 3.21. The van der Waals surface area contributed by atoms with E-state index in [9.17, 15) is 13.2 Å². The van der Waals surface area contributed by atoms with E-state index in [0.29, 0.717) is 24.3 Å². The number of sulfonamides is 1. The molecule has 7 heteroatoms. The van der Waals surface area contributed by atoms with E-state index in [2.05, 4.69) is 10.0 Å². The molecule has 0 spiro atoms. The lowest BCUT2D eigenvalue weighted by Crippen LogP contribution is -2.31. The number of amides is 1. The van der Waals surface area contributed by atoms with Crippen LogP contribution in [0.3, 0.4) is 0 Å². The first kappa shape index (κ1) is 16.1. The summed E-state index contributed by atoms with van der Waals surface area (Å²) in [5.74, 6) is -0.836. The monoisotopic (exact) mass is 358 g/mol. The third-order valence-corrected chi connectivity index (χ3v) is 5.68. The Bertz CT molecular complexity index is 954. The van der Waals surface area contributed by atoms with Gasteiger partial charge in [0.05, 0.1) is 19.0 Å². The average molecular weight is 358 g/mol. The van der Waals surface area contributed by atoms with Gasteiger partial charge in [-0.25, -0.2) is 13.1 Å². The lowest BCUT2D eigenvalue weighted by Gasteiger charge is -2.09. The molecule has 2 N–H and O–H groups in total. The van der Waals surface area contributed by atoms with E-state index in [-0.39, 0.29) is 5.75 Å². The molecule has 1 amide bonds. The zero-order chi connectivity index (χ0) is 17.4. The minimum atomic E-state index is -3.77. The number of rotatable bonds is 4. The highest BCUT2D eigenvalue weighted by molar-refractivity contribution is 7.89. The van der Waals surface area contributed by atoms with Crippen LogP contribution in [0.5, 0.6) is 0 Å². The Balaban J connectivity index is 1.48. The molecule has 0 aliphatic carbocycles. The predicted octanol–water partition coefficient (Wildman–Crippen LogP) is 1.94. The van der Waals surface area contributed by atoms with E-state index in [1.54, 1.807) is 18.2 Å². The molecule has 0 radical (unpaired) electrons. The molecule has 0 fully saturated rings. The Labute approximate surface area is 146 Å². The van der Waals surface area contributed by atoms with Gasteiger partial charge in [-0.05, 0) is 46.9 Å². The first-order valence-corrected chi connectivity index (χ1v) is 9.75. The van der Waals surface area contributed by atoms with E-state index in [1.807, 2.05) is 18.2 Å². The first-order valence-electron chi connectivity index (χ1n) is 8.10. The van der Waals surface area contributed by atoms with Gasteiger partial charge in [-0.15, -0.1) is 0 Å². The summed E-state index contributed by atoms with van der Waals surface area (Å²) in [4.78, 5) is 12.3. The van der Waals surface area contributed by atoms with E-state index >= 15 is 0 Å². The van der Waals surface area contributed by atoms with Gasteiger partial charge in [0.1, 0.15) is 0 Å². The van der Waals surface area contributed by atoms with Crippen LogP contribution in [0.1, 0.15) is 32.6 Å². The molecule has 6 nitrogen and oxygen atoms in total. The normalized spacial score (nSPS) is 15.4. The molecule has 0 saturated carbocycles. The lowest BCUT2D eigenvalue weighted by molar-refractivity contribution is 0.0981. The first-order chi connectivity index (χ1) is 12.0. The molecule has 0 aromatic heterocycles. The number of hydrogen-bond acceptors (Lipinski definition) is 5. The Kier molecular flexibility index (Phi) is 3.97. The second-order valence-electron chi connectivity index (χ2n) is 6.33. The molecule has 2 aromatic rings. The smallest absolute Gasteiger partial charge is 0.264 e. The van der Waals surface area contributed by atoms with Crippen molar-refractivity contribution in [2.24, 2.45) is 0 Å². The van der Waals surface area contributed by atoms with Crippen LogP contribution in [0.25, 0.3) is 0 Å². The second-order valence-corrected chi connectivity index (χ2v) is 8.06. The third kappa shape index (κ3) is 3.38. The highest BCUT2D eigenvalue weighted by Crippen LogP contribution is 2.24. The van der Waals surface area contributed by atoms with Crippen molar-refractivity contribution in [3.05, 3.63) is 64.2 Å². The van der Waals surface area contributed by atoms with Crippen molar-refractivity contribution in [3.8, 4) is 0 Å². The standard InChI is InChI=1S/C18H18N2O4S/c21-18(14-3-4-17-13(8-14)5-6-19-17)20-25(22,23)11-12-1-2-15-9-24-10-16(15)7-12/h1-4,7-8,19H,5-6,9-11H2,(H,20,21). The number of nitrogens with one attached hydrogen (secondary N) is 2. The quantitative estimate of drug-likeness (QED) is 0.873. The van der Waals surface area contributed by atoms with Gasteiger partial charge < -0.3 is 10.1 Å². The molecule has 0 saturated heterocycles. The fourth-order valence-corrected chi connectivity index (χ4v) is 4.31. The summed E-state index contributed by atoms with van der Waals surface area (Å²) in [5.41, 5.74) is 5.11.